The highest BCUT2D eigenvalue weighted by atomic mass is 32.2. The molecule has 4 nitrogen and oxygen atoms in total. The quantitative estimate of drug-likeness (QED) is 0.647. The highest BCUT2D eigenvalue weighted by molar-refractivity contribution is 7.98. The molecule has 0 saturated heterocycles. The molecule has 2 heterocycles. The molecular formula is C12H14N4S. The first kappa shape index (κ1) is 11.9. The molecule has 88 valence electrons. The SMILES string of the molecule is CSc1cc(NCCc2ccncc2)ncn1. The van der Waals surface area contributed by atoms with Gasteiger partial charge in [0.15, 0.2) is 0 Å². The van der Waals surface area contributed by atoms with Crippen molar-refractivity contribution in [1.82, 2.24) is 15.0 Å². The van der Waals surface area contributed by atoms with Gasteiger partial charge < -0.3 is 5.32 Å². The molecule has 2 rings (SSSR count). The van der Waals surface area contributed by atoms with Crippen molar-refractivity contribution < 1.29 is 0 Å². The highest BCUT2D eigenvalue weighted by Crippen LogP contribution is 2.13. The summed E-state index contributed by atoms with van der Waals surface area (Å²) in [6, 6.07) is 6.00. The molecule has 0 spiro atoms. The van der Waals surface area contributed by atoms with E-state index < -0.39 is 0 Å². The summed E-state index contributed by atoms with van der Waals surface area (Å²) in [6.45, 7) is 0.856. The summed E-state index contributed by atoms with van der Waals surface area (Å²) in [5, 5.41) is 4.26. The van der Waals surface area contributed by atoms with E-state index in [2.05, 4.69) is 20.3 Å². The molecular weight excluding hydrogens is 232 g/mol. The van der Waals surface area contributed by atoms with Gasteiger partial charge in [0.1, 0.15) is 17.2 Å². The molecule has 0 atom stereocenters. The third kappa shape index (κ3) is 3.71. The van der Waals surface area contributed by atoms with Crippen LogP contribution in [0.5, 0.6) is 0 Å². The van der Waals surface area contributed by atoms with Crippen LogP contribution < -0.4 is 5.32 Å². The summed E-state index contributed by atoms with van der Waals surface area (Å²) in [5.41, 5.74) is 1.27. The van der Waals surface area contributed by atoms with E-state index in [4.69, 9.17) is 0 Å². The number of anilines is 1. The molecule has 0 aliphatic heterocycles. The number of rotatable bonds is 5. The van der Waals surface area contributed by atoms with Crippen LogP contribution in [0.1, 0.15) is 5.56 Å². The average molecular weight is 246 g/mol. The summed E-state index contributed by atoms with van der Waals surface area (Å²) in [7, 11) is 0. The maximum absolute atomic E-state index is 4.17. The standard InChI is InChI=1S/C12H14N4S/c1-17-12-8-11(15-9-16-12)14-7-4-10-2-5-13-6-3-10/h2-3,5-6,8-9H,4,7H2,1H3,(H,14,15,16). The Bertz CT molecular complexity index is 461. The van der Waals surface area contributed by atoms with Crippen LogP contribution in [-0.4, -0.2) is 27.8 Å². The molecule has 0 unspecified atom stereocenters. The van der Waals surface area contributed by atoms with Gasteiger partial charge in [-0.25, -0.2) is 9.97 Å². The second-order valence-corrected chi connectivity index (χ2v) is 4.30. The predicted molar refractivity (Wildman–Crippen MR) is 70.2 cm³/mol. The van der Waals surface area contributed by atoms with E-state index in [9.17, 15) is 0 Å². The Kier molecular flexibility index (Phi) is 4.32. The zero-order valence-corrected chi connectivity index (χ0v) is 10.4. The Balaban J connectivity index is 1.86. The van der Waals surface area contributed by atoms with E-state index in [0.29, 0.717) is 0 Å². The molecule has 0 aromatic carbocycles. The minimum atomic E-state index is 0.856. The van der Waals surface area contributed by atoms with E-state index in [0.717, 1.165) is 23.8 Å². The largest absolute Gasteiger partial charge is 0.370 e. The summed E-state index contributed by atoms with van der Waals surface area (Å²) in [4.78, 5) is 12.3. The van der Waals surface area contributed by atoms with Crippen molar-refractivity contribution in [3.63, 3.8) is 0 Å². The molecule has 0 bridgehead atoms. The third-order valence-corrected chi connectivity index (χ3v) is 2.96. The highest BCUT2D eigenvalue weighted by Gasteiger charge is 1.97. The molecule has 0 fully saturated rings. The minimum absolute atomic E-state index is 0.856. The topological polar surface area (TPSA) is 50.7 Å². The van der Waals surface area contributed by atoms with E-state index >= 15 is 0 Å². The van der Waals surface area contributed by atoms with Gasteiger partial charge in [-0.2, -0.15) is 0 Å². The monoisotopic (exact) mass is 246 g/mol. The first-order valence-corrected chi connectivity index (χ1v) is 6.60. The maximum Gasteiger partial charge on any atom is 0.130 e. The predicted octanol–water partition coefficient (Wildman–Crippen LogP) is 2.25. The van der Waals surface area contributed by atoms with Crippen molar-refractivity contribution in [2.24, 2.45) is 0 Å². The number of pyridine rings is 1. The van der Waals surface area contributed by atoms with Gasteiger partial charge in [-0.15, -0.1) is 11.8 Å². The summed E-state index contributed by atoms with van der Waals surface area (Å²) in [6.07, 6.45) is 8.17. The van der Waals surface area contributed by atoms with Crippen LogP contribution in [0.4, 0.5) is 5.82 Å². The Morgan fingerprint density at radius 1 is 1.24 bits per heavy atom. The Morgan fingerprint density at radius 2 is 2.06 bits per heavy atom. The van der Waals surface area contributed by atoms with Gasteiger partial charge in [0.05, 0.1) is 0 Å². The average Bonchev–Trinajstić information content (AvgIpc) is 2.40. The van der Waals surface area contributed by atoms with Crippen LogP contribution in [0.3, 0.4) is 0 Å². The molecule has 5 heteroatoms. The third-order valence-electron chi connectivity index (χ3n) is 2.32. The Labute approximate surface area is 105 Å². The van der Waals surface area contributed by atoms with Crippen molar-refractivity contribution in [2.75, 3.05) is 18.1 Å². The zero-order valence-electron chi connectivity index (χ0n) is 9.63. The van der Waals surface area contributed by atoms with Crippen LogP contribution >= 0.6 is 11.8 Å². The van der Waals surface area contributed by atoms with Gasteiger partial charge in [0, 0.05) is 25.0 Å². The van der Waals surface area contributed by atoms with Gasteiger partial charge in [-0.1, -0.05) is 0 Å². The van der Waals surface area contributed by atoms with Gasteiger partial charge in [0.25, 0.3) is 0 Å². The van der Waals surface area contributed by atoms with Gasteiger partial charge >= 0.3 is 0 Å². The van der Waals surface area contributed by atoms with Gasteiger partial charge in [-0.05, 0) is 30.4 Å². The number of hydrogen-bond donors (Lipinski definition) is 1. The van der Waals surface area contributed by atoms with E-state index in [1.807, 2.05) is 36.8 Å². The molecule has 1 N–H and O–H groups in total. The fourth-order valence-electron chi connectivity index (χ4n) is 1.43. The van der Waals surface area contributed by atoms with Crippen molar-refractivity contribution in [2.45, 2.75) is 11.4 Å². The minimum Gasteiger partial charge on any atom is -0.370 e. The number of nitrogens with one attached hydrogen (secondary N) is 1. The lowest BCUT2D eigenvalue weighted by atomic mass is 10.2. The lowest BCUT2D eigenvalue weighted by molar-refractivity contribution is 0.977. The van der Waals surface area contributed by atoms with Gasteiger partial charge in [0.2, 0.25) is 0 Å². The Hall–Kier alpha value is -1.62. The maximum atomic E-state index is 4.17. The molecule has 0 radical (unpaired) electrons. The smallest absolute Gasteiger partial charge is 0.130 e. The van der Waals surface area contributed by atoms with Gasteiger partial charge in [-0.3, -0.25) is 4.98 Å². The van der Waals surface area contributed by atoms with Crippen molar-refractivity contribution in [3.05, 3.63) is 42.5 Å². The van der Waals surface area contributed by atoms with E-state index in [1.165, 1.54) is 5.56 Å². The Morgan fingerprint density at radius 3 is 2.82 bits per heavy atom. The second kappa shape index (κ2) is 6.20. The van der Waals surface area contributed by atoms with Crippen LogP contribution in [0, 0.1) is 0 Å². The fourth-order valence-corrected chi connectivity index (χ4v) is 1.81. The normalized spacial score (nSPS) is 10.2. The van der Waals surface area contributed by atoms with Crippen LogP contribution in [0.2, 0.25) is 0 Å². The van der Waals surface area contributed by atoms with Crippen molar-refractivity contribution in [1.29, 1.82) is 0 Å². The van der Waals surface area contributed by atoms with Crippen molar-refractivity contribution >= 4 is 17.6 Å². The first-order chi connectivity index (χ1) is 8.38. The summed E-state index contributed by atoms with van der Waals surface area (Å²) >= 11 is 1.61. The molecule has 0 aliphatic carbocycles. The molecule has 0 saturated carbocycles. The molecule has 0 aliphatic rings. The number of aromatic nitrogens is 3. The van der Waals surface area contributed by atoms with Crippen LogP contribution in [-0.2, 0) is 6.42 Å². The summed E-state index contributed by atoms with van der Waals surface area (Å²) in [5.74, 6) is 0.874. The lowest BCUT2D eigenvalue weighted by Gasteiger charge is -2.05. The second-order valence-electron chi connectivity index (χ2n) is 3.48. The fraction of sp³-hybridized carbons (Fsp3) is 0.250. The zero-order chi connectivity index (χ0) is 11.9. The van der Waals surface area contributed by atoms with Crippen molar-refractivity contribution in [3.8, 4) is 0 Å². The molecule has 2 aromatic rings. The first-order valence-electron chi connectivity index (χ1n) is 5.37. The number of nitrogens with zero attached hydrogens (tertiary/aromatic N) is 3. The van der Waals surface area contributed by atoms with E-state index in [-0.39, 0.29) is 0 Å². The molecule has 0 amide bonds. The summed E-state index contributed by atoms with van der Waals surface area (Å²) < 4.78 is 0. The lowest BCUT2D eigenvalue weighted by Crippen LogP contribution is -2.06. The molecule has 17 heavy (non-hydrogen) atoms. The van der Waals surface area contributed by atoms with E-state index in [1.54, 1.807) is 18.1 Å². The molecule has 2 aromatic heterocycles. The van der Waals surface area contributed by atoms with Crippen LogP contribution in [0.25, 0.3) is 0 Å². The number of hydrogen-bond acceptors (Lipinski definition) is 5. The number of thioether (sulfide) groups is 1. The van der Waals surface area contributed by atoms with Crippen LogP contribution in [0.15, 0.2) is 41.9 Å².